The summed E-state index contributed by atoms with van der Waals surface area (Å²) in [5, 5.41) is 14.6. The number of esters is 1. The minimum atomic E-state index is -0.977. The van der Waals surface area contributed by atoms with Crippen LogP contribution < -0.4 is 5.73 Å². The third-order valence-corrected chi connectivity index (χ3v) is 1.96. The molecule has 0 saturated heterocycles. The Morgan fingerprint density at radius 3 is 2.80 bits per heavy atom. The molecule has 2 N–H and O–H groups in total. The number of ether oxygens (including phenoxy) is 1. The molecule has 108 valence electrons. The second-order valence-electron chi connectivity index (χ2n) is 3.38. The van der Waals surface area contributed by atoms with E-state index in [1.807, 2.05) is 0 Å². The third-order valence-electron chi connectivity index (χ3n) is 1.96. The zero-order valence-corrected chi connectivity index (χ0v) is 10.5. The van der Waals surface area contributed by atoms with Gasteiger partial charge in [0.25, 0.3) is 0 Å². The lowest BCUT2D eigenvalue weighted by atomic mass is 10.5. The number of carbonyl (C=O) groups is 2. The van der Waals surface area contributed by atoms with Crippen molar-refractivity contribution in [2.24, 2.45) is 10.8 Å². The van der Waals surface area contributed by atoms with Crippen LogP contribution in [0.15, 0.2) is 21.7 Å². The van der Waals surface area contributed by atoms with Crippen molar-refractivity contribution in [1.29, 1.82) is 0 Å². The van der Waals surface area contributed by atoms with Gasteiger partial charge in [-0.25, -0.2) is 9.80 Å². The van der Waals surface area contributed by atoms with Gasteiger partial charge in [-0.05, 0) is 13.0 Å². The molecule has 1 aromatic heterocycles. The van der Waals surface area contributed by atoms with Crippen molar-refractivity contribution in [2.45, 2.75) is 6.92 Å². The number of primary amides is 1. The molecular weight excluding hydrogens is 272 g/mol. The molecule has 20 heavy (non-hydrogen) atoms. The van der Waals surface area contributed by atoms with Crippen LogP contribution in [-0.4, -0.2) is 41.3 Å². The summed E-state index contributed by atoms with van der Waals surface area (Å²) >= 11 is 0. The van der Waals surface area contributed by atoms with Gasteiger partial charge in [0.2, 0.25) is 0 Å². The molecule has 2 amide bonds. The molecule has 1 heterocycles. The van der Waals surface area contributed by atoms with Gasteiger partial charge in [-0.1, -0.05) is 0 Å². The minimum absolute atomic E-state index is 0.0341. The second kappa shape index (κ2) is 6.87. The van der Waals surface area contributed by atoms with E-state index in [1.54, 1.807) is 6.92 Å². The lowest BCUT2D eigenvalue weighted by Crippen LogP contribution is -2.36. The van der Waals surface area contributed by atoms with Crippen LogP contribution in [0.4, 0.5) is 10.7 Å². The third kappa shape index (κ3) is 4.40. The lowest BCUT2D eigenvalue weighted by Gasteiger charge is -2.12. The van der Waals surface area contributed by atoms with Crippen molar-refractivity contribution < 1.29 is 23.7 Å². The Bertz CT molecular complexity index is 538. The summed E-state index contributed by atoms with van der Waals surface area (Å²) in [4.78, 5) is 31.9. The van der Waals surface area contributed by atoms with Crippen LogP contribution in [0.25, 0.3) is 0 Å². The van der Waals surface area contributed by atoms with E-state index in [0.717, 1.165) is 12.3 Å². The van der Waals surface area contributed by atoms with E-state index in [9.17, 15) is 19.7 Å². The summed E-state index contributed by atoms with van der Waals surface area (Å²) in [5.74, 6) is -1.12. The van der Waals surface area contributed by atoms with E-state index < -0.39 is 29.4 Å². The van der Waals surface area contributed by atoms with E-state index >= 15 is 0 Å². The van der Waals surface area contributed by atoms with Gasteiger partial charge in [0.1, 0.15) is 11.5 Å². The molecule has 0 aliphatic carbocycles. The highest BCUT2D eigenvalue weighted by atomic mass is 16.6. The molecule has 0 radical (unpaired) electrons. The normalized spacial score (nSPS) is 10.4. The fourth-order valence-electron chi connectivity index (χ4n) is 1.14. The predicted octanol–water partition coefficient (Wildman–Crippen LogP) is 0.465. The summed E-state index contributed by atoms with van der Waals surface area (Å²) in [6, 6.07) is 1.43. The topological polar surface area (TPSA) is 141 Å². The highest BCUT2D eigenvalue weighted by Crippen LogP contribution is 2.13. The number of hydrogen-bond acceptors (Lipinski definition) is 7. The maximum Gasteiger partial charge on any atom is 0.433 e. The summed E-state index contributed by atoms with van der Waals surface area (Å²) in [6.07, 6.45) is 1.02. The number of nitro groups is 1. The number of urea groups is 1. The number of nitrogens with two attached hydrogens (primary N) is 1. The van der Waals surface area contributed by atoms with E-state index in [4.69, 9.17) is 10.2 Å². The summed E-state index contributed by atoms with van der Waals surface area (Å²) in [7, 11) is 0. The van der Waals surface area contributed by atoms with Crippen LogP contribution in [-0.2, 0) is 9.53 Å². The quantitative estimate of drug-likeness (QED) is 0.348. The van der Waals surface area contributed by atoms with Gasteiger partial charge in [-0.2, -0.15) is 5.10 Å². The first-order chi connectivity index (χ1) is 9.43. The average Bonchev–Trinajstić information content (AvgIpc) is 2.83. The monoisotopic (exact) mass is 284 g/mol. The van der Waals surface area contributed by atoms with Gasteiger partial charge in [-0.15, -0.1) is 0 Å². The van der Waals surface area contributed by atoms with Crippen molar-refractivity contribution in [3.05, 3.63) is 28.0 Å². The molecule has 0 aromatic carbocycles. The summed E-state index contributed by atoms with van der Waals surface area (Å²) < 4.78 is 9.42. The highest BCUT2D eigenvalue weighted by Gasteiger charge is 2.15. The molecule has 0 unspecified atom stereocenters. The maximum atomic E-state index is 11.2. The van der Waals surface area contributed by atoms with Gasteiger partial charge in [0, 0.05) is 0 Å². The molecule has 0 spiro atoms. The smallest absolute Gasteiger partial charge is 0.433 e. The van der Waals surface area contributed by atoms with Crippen molar-refractivity contribution in [2.75, 3.05) is 13.2 Å². The lowest BCUT2D eigenvalue weighted by molar-refractivity contribution is -0.402. The second-order valence-corrected chi connectivity index (χ2v) is 3.38. The van der Waals surface area contributed by atoms with Crippen LogP contribution in [0.1, 0.15) is 12.7 Å². The number of hydrazone groups is 1. The van der Waals surface area contributed by atoms with Crippen molar-refractivity contribution in [3.8, 4) is 0 Å². The van der Waals surface area contributed by atoms with Crippen LogP contribution in [0, 0.1) is 10.1 Å². The molecule has 10 nitrogen and oxygen atoms in total. The Morgan fingerprint density at radius 1 is 1.60 bits per heavy atom. The van der Waals surface area contributed by atoms with Gasteiger partial charge < -0.3 is 14.9 Å². The fourth-order valence-corrected chi connectivity index (χ4v) is 1.14. The first-order valence-corrected chi connectivity index (χ1v) is 5.44. The predicted molar refractivity (Wildman–Crippen MR) is 65.9 cm³/mol. The van der Waals surface area contributed by atoms with E-state index in [2.05, 4.69) is 9.84 Å². The number of carbonyl (C=O) groups excluding carboxylic acids is 2. The molecule has 10 heteroatoms. The number of furan rings is 1. The van der Waals surface area contributed by atoms with Crippen LogP contribution in [0.5, 0.6) is 0 Å². The van der Waals surface area contributed by atoms with Gasteiger partial charge in [0.05, 0.1) is 18.9 Å². The Labute approximate surface area is 112 Å². The van der Waals surface area contributed by atoms with Crippen molar-refractivity contribution in [1.82, 2.24) is 5.01 Å². The summed E-state index contributed by atoms with van der Waals surface area (Å²) in [5.41, 5.74) is 5.03. The Hall–Kier alpha value is -2.91. The molecule has 0 fully saturated rings. The van der Waals surface area contributed by atoms with E-state index in [1.165, 1.54) is 6.07 Å². The molecule has 0 bridgehead atoms. The first-order valence-electron chi connectivity index (χ1n) is 5.44. The number of hydrogen-bond donors (Lipinski definition) is 1. The minimum Gasteiger partial charge on any atom is -0.465 e. The SMILES string of the molecule is CCOC(=O)CN(/N=C\c1ccc([N+](=O)[O-])o1)C(N)=O. The van der Waals surface area contributed by atoms with Gasteiger partial charge >= 0.3 is 17.9 Å². The largest absolute Gasteiger partial charge is 0.465 e. The van der Waals surface area contributed by atoms with Crippen LogP contribution in [0.3, 0.4) is 0 Å². The number of rotatable bonds is 6. The van der Waals surface area contributed by atoms with E-state index in [0.29, 0.717) is 5.01 Å². The number of amides is 2. The fraction of sp³-hybridized carbons (Fsp3) is 0.300. The molecular formula is C10H12N4O6. The Kier molecular flexibility index (Phi) is 5.21. The number of nitrogens with zero attached hydrogens (tertiary/aromatic N) is 3. The van der Waals surface area contributed by atoms with Gasteiger partial charge in [-0.3, -0.25) is 14.9 Å². The molecule has 1 aromatic rings. The molecule has 0 aliphatic heterocycles. The Morgan fingerprint density at radius 2 is 2.30 bits per heavy atom. The average molecular weight is 284 g/mol. The molecule has 0 saturated carbocycles. The van der Waals surface area contributed by atoms with Crippen molar-refractivity contribution >= 4 is 24.1 Å². The van der Waals surface area contributed by atoms with Crippen LogP contribution >= 0.6 is 0 Å². The van der Waals surface area contributed by atoms with Crippen molar-refractivity contribution in [3.63, 3.8) is 0 Å². The molecule has 1 rings (SSSR count). The highest BCUT2D eigenvalue weighted by molar-refractivity contribution is 5.82. The zero-order valence-electron chi connectivity index (χ0n) is 10.5. The molecule has 0 aliphatic rings. The Balaban J connectivity index is 2.73. The van der Waals surface area contributed by atoms with Gasteiger partial charge in [0.15, 0.2) is 5.76 Å². The zero-order chi connectivity index (χ0) is 15.1. The maximum absolute atomic E-state index is 11.2. The molecule has 0 atom stereocenters. The first kappa shape index (κ1) is 15.1. The summed E-state index contributed by atoms with van der Waals surface area (Å²) in [6.45, 7) is 1.29. The van der Waals surface area contributed by atoms with Crippen LogP contribution in [0.2, 0.25) is 0 Å². The van der Waals surface area contributed by atoms with E-state index in [-0.39, 0.29) is 12.4 Å². The standard InChI is InChI=1S/C10H12N4O6/c1-2-19-9(15)6-13(10(11)16)12-5-7-3-4-8(20-7)14(17)18/h3-5H,2,6H2,1H3,(H2,11,16)/b12-5-.